The number of ether oxygens (including phenoxy) is 1. The fourth-order valence-corrected chi connectivity index (χ4v) is 3.42. The van der Waals surface area contributed by atoms with Crippen molar-refractivity contribution in [3.63, 3.8) is 0 Å². The number of nitrogens with zero attached hydrogens (tertiary/aromatic N) is 1. The molecule has 0 aromatic heterocycles. The zero-order valence-electron chi connectivity index (χ0n) is 8.58. The molecule has 76 valence electrons. The van der Waals surface area contributed by atoms with Crippen molar-refractivity contribution in [3.8, 4) is 0 Å². The molecule has 2 rings (SSSR count). The fourth-order valence-electron chi connectivity index (χ4n) is 2.67. The minimum absolute atomic E-state index is 0.257. The van der Waals surface area contributed by atoms with E-state index in [2.05, 4.69) is 18.2 Å². The Morgan fingerprint density at radius 1 is 1.54 bits per heavy atom. The van der Waals surface area contributed by atoms with Crippen LogP contribution in [0.2, 0.25) is 0 Å². The van der Waals surface area contributed by atoms with Gasteiger partial charge >= 0.3 is 0 Å². The van der Waals surface area contributed by atoms with Crippen LogP contribution in [0.15, 0.2) is 0 Å². The lowest BCUT2D eigenvalue weighted by atomic mass is 9.81. The van der Waals surface area contributed by atoms with E-state index < -0.39 is 0 Å². The van der Waals surface area contributed by atoms with Gasteiger partial charge in [0, 0.05) is 19.7 Å². The first-order valence-corrected chi connectivity index (χ1v) is 6.45. The van der Waals surface area contributed by atoms with Gasteiger partial charge in [0.2, 0.25) is 0 Å². The summed E-state index contributed by atoms with van der Waals surface area (Å²) in [6, 6.07) is 0. The first-order chi connectivity index (χ1) is 6.24. The molecule has 2 heterocycles. The van der Waals surface area contributed by atoms with E-state index in [9.17, 15) is 0 Å². The van der Waals surface area contributed by atoms with E-state index in [1.165, 1.54) is 18.6 Å². The normalized spacial score (nSPS) is 33.2. The predicted octanol–water partition coefficient (Wildman–Crippen LogP) is 1.46. The Kier molecular flexibility index (Phi) is 2.86. The van der Waals surface area contributed by atoms with Gasteiger partial charge in [0.15, 0.2) is 0 Å². The molecule has 0 N–H and O–H groups in total. The van der Waals surface area contributed by atoms with Crippen molar-refractivity contribution in [1.29, 1.82) is 0 Å². The highest BCUT2D eigenvalue weighted by molar-refractivity contribution is 7.98. The third-order valence-electron chi connectivity index (χ3n) is 3.11. The summed E-state index contributed by atoms with van der Waals surface area (Å²) in [5.74, 6) is 2.21. The van der Waals surface area contributed by atoms with Crippen LogP contribution >= 0.6 is 11.8 Å². The van der Waals surface area contributed by atoms with Crippen molar-refractivity contribution in [2.75, 3.05) is 38.8 Å². The van der Waals surface area contributed by atoms with Crippen LogP contribution in [0, 0.1) is 5.92 Å². The maximum atomic E-state index is 5.90. The van der Waals surface area contributed by atoms with Crippen LogP contribution in [0.3, 0.4) is 0 Å². The molecule has 13 heavy (non-hydrogen) atoms. The van der Waals surface area contributed by atoms with Gasteiger partial charge in [-0.2, -0.15) is 11.8 Å². The monoisotopic (exact) mass is 201 g/mol. The number of hydrogen-bond donors (Lipinski definition) is 0. The van der Waals surface area contributed by atoms with E-state index in [1.54, 1.807) is 0 Å². The molecule has 3 heteroatoms. The van der Waals surface area contributed by atoms with Crippen LogP contribution in [0.5, 0.6) is 0 Å². The number of likely N-dealkylation sites (N-methyl/N-ethyl adjacent to an activating group) is 1. The van der Waals surface area contributed by atoms with Crippen LogP contribution in [-0.2, 0) is 4.74 Å². The summed E-state index contributed by atoms with van der Waals surface area (Å²) in [5.41, 5.74) is 0.257. The quantitative estimate of drug-likeness (QED) is 0.671. The summed E-state index contributed by atoms with van der Waals surface area (Å²) in [6.07, 6.45) is 4.76. The van der Waals surface area contributed by atoms with Gasteiger partial charge in [-0.15, -0.1) is 0 Å². The van der Waals surface area contributed by atoms with Crippen molar-refractivity contribution in [2.45, 2.75) is 18.4 Å². The summed E-state index contributed by atoms with van der Waals surface area (Å²) in [4.78, 5) is 2.35. The van der Waals surface area contributed by atoms with Gasteiger partial charge in [0.25, 0.3) is 0 Å². The van der Waals surface area contributed by atoms with E-state index >= 15 is 0 Å². The minimum Gasteiger partial charge on any atom is -0.372 e. The van der Waals surface area contributed by atoms with Crippen LogP contribution in [0.4, 0.5) is 0 Å². The molecule has 0 aliphatic carbocycles. The van der Waals surface area contributed by atoms with Gasteiger partial charge in [-0.05, 0) is 37.8 Å². The summed E-state index contributed by atoms with van der Waals surface area (Å²) in [7, 11) is 2.17. The Morgan fingerprint density at radius 3 is 2.92 bits per heavy atom. The van der Waals surface area contributed by atoms with Gasteiger partial charge < -0.3 is 9.64 Å². The van der Waals surface area contributed by atoms with E-state index in [0.29, 0.717) is 0 Å². The van der Waals surface area contributed by atoms with Crippen molar-refractivity contribution in [1.82, 2.24) is 4.90 Å². The van der Waals surface area contributed by atoms with Crippen molar-refractivity contribution >= 4 is 11.8 Å². The summed E-state index contributed by atoms with van der Waals surface area (Å²) < 4.78 is 5.90. The predicted molar refractivity (Wildman–Crippen MR) is 57.3 cm³/mol. The number of rotatable bonds is 2. The molecule has 0 aromatic carbocycles. The van der Waals surface area contributed by atoms with E-state index in [4.69, 9.17) is 4.74 Å². The molecule has 2 aliphatic heterocycles. The van der Waals surface area contributed by atoms with Crippen molar-refractivity contribution in [3.05, 3.63) is 0 Å². The molecule has 2 aliphatic rings. The third kappa shape index (κ3) is 2.03. The molecule has 0 unspecified atom stereocenters. The molecule has 1 spiro atoms. The highest BCUT2D eigenvalue weighted by atomic mass is 32.2. The summed E-state index contributed by atoms with van der Waals surface area (Å²) in [6.45, 7) is 3.29. The standard InChI is InChI=1S/C10H19NOS/c1-11-7-10(8-11)5-9(6-13-2)3-4-12-10/h9H,3-8H2,1-2H3/t9-/m1/s1. The second-order valence-electron chi connectivity index (χ2n) is 4.52. The van der Waals surface area contributed by atoms with Gasteiger partial charge in [-0.25, -0.2) is 0 Å². The average molecular weight is 201 g/mol. The summed E-state index contributed by atoms with van der Waals surface area (Å²) in [5, 5.41) is 0. The second kappa shape index (κ2) is 3.79. The summed E-state index contributed by atoms with van der Waals surface area (Å²) >= 11 is 1.98. The highest BCUT2D eigenvalue weighted by Gasteiger charge is 2.45. The van der Waals surface area contributed by atoms with Crippen LogP contribution in [0.1, 0.15) is 12.8 Å². The molecular formula is C10H19NOS. The molecule has 1 atom stereocenters. The zero-order valence-corrected chi connectivity index (χ0v) is 9.40. The van der Waals surface area contributed by atoms with E-state index in [1.807, 2.05) is 11.8 Å². The fraction of sp³-hybridized carbons (Fsp3) is 1.00. The average Bonchev–Trinajstić information content (AvgIpc) is 2.03. The van der Waals surface area contributed by atoms with E-state index in [-0.39, 0.29) is 5.60 Å². The smallest absolute Gasteiger partial charge is 0.0937 e. The minimum atomic E-state index is 0.257. The number of thioether (sulfide) groups is 1. The maximum absolute atomic E-state index is 5.90. The van der Waals surface area contributed by atoms with Crippen LogP contribution < -0.4 is 0 Å². The molecule has 0 bridgehead atoms. The second-order valence-corrected chi connectivity index (χ2v) is 5.43. The maximum Gasteiger partial charge on any atom is 0.0937 e. The largest absolute Gasteiger partial charge is 0.372 e. The van der Waals surface area contributed by atoms with Crippen LogP contribution in [-0.4, -0.2) is 49.3 Å². The molecule has 2 saturated heterocycles. The molecule has 2 nitrogen and oxygen atoms in total. The SMILES string of the molecule is CSC[C@@H]1CCOC2(C1)CN(C)C2. The molecule has 0 saturated carbocycles. The van der Waals surface area contributed by atoms with Gasteiger partial charge in [0.1, 0.15) is 0 Å². The first-order valence-electron chi connectivity index (χ1n) is 5.05. The topological polar surface area (TPSA) is 12.5 Å². The number of likely N-dealkylation sites (tertiary alicyclic amines) is 1. The third-order valence-corrected chi connectivity index (χ3v) is 3.92. The molecule has 0 aromatic rings. The Balaban J connectivity index is 1.86. The van der Waals surface area contributed by atoms with Crippen LogP contribution in [0.25, 0.3) is 0 Å². The Bertz CT molecular complexity index is 172. The van der Waals surface area contributed by atoms with Gasteiger partial charge in [0.05, 0.1) is 5.60 Å². The first kappa shape index (κ1) is 9.81. The molecule has 0 amide bonds. The Hall–Kier alpha value is 0.270. The van der Waals surface area contributed by atoms with Crippen molar-refractivity contribution in [2.24, 2.45) is 5.92 Å². The molecule has 2 fully saturated rings. The van der Waals surface area contributed by atoms with E-state index in [0.717, 1.165) is 25.6 Å². The zero-order chi connectivity index (χ0) is 9.31. The lowest BCUT2D eigenvalue weighted by molar-refractivity contribution is -0.169. The van der Waals surface area contributed by atoms with Gasteiger partial charge in [-0.3, -0.25) is 0 Å². The Morgan fingerprint density at radius 2 is 2.31 bits per heavy atom. The lowest BCUT2D eigenvalue weighted by Crippen LogP contribution is -2.63. The molecule has 0 radical (unpaired) electrons. The van der Waals surface area contributed by atoms with Crippen molar-refractivity contribution < 1.29 is 4.74 Å². The lowest BCUT2D eigenvalue weighted by Gasteiger charge is -2.52. The number of hydrogen-bond acceptors (Lipinski definition) is 3. The highest BCUT2D eigenvalue weighted by Crippen LogP contribution is 2.36. The van der Waals surface area contributed by atoms with Gasteiger partial charge in [-0.1, -0.05) is 0 Å². The Labute approximate surface area is 85.0 Å². The molecular weight excluding hydrogens is 182 g/mol.